The number of nitrogens with zero attached hydrogens (tertiary/aromatic N) is 1. The number of fused-ring (bicyclic) bond motifs is 5. The maximum atomic E-state index is 14.7. The van der Waals surface area contributed by atoms with Gasteiger partial charge in [0.15, 0.2) is 0 Å². The molecule has 0 unspecified atom stereocenters. The Kier molecular flexibility index (Phi) is 6.33. The first-order valence-corrected chi connectivity index (χ1v) is 16.0. The number of hydrogen-bond acceptors (Lipinski definition) is 1. The number of aromatic nitrogens is 1. The van der Waals surface area contributed by atoms with Gasteiger partial charge in [0.05, 0.1) is 11.2 Å². The van der Waals surface area contributed by atoms with Crippen LogP contribution in [0.2, 0.25) is 0 Å². The van der Waals surface area contributed by atoms with Crippen molar-refractivity contribution in [3.8, 4) is 39.1 Å². The van der Waals surface area contributed by atoms with E-state index in [2.05, 4.69) is 152 Å². The Morgan fingerprint density at radius 3 is 1.43 bits per heavy atom. The standard InChI is InChI=1S/C45H29NO/c47-45-40-25-12-7-20-35(40)41-29-34(33-19-13-18-32(28-33)30-14-3-1-4-15-30)26-27-42(41)46(45)44-38-23-10-8-21-36(38)43(31-16-5-2-6-17-31)37-22-9-11-24-39(37)44/h1-29H. The van der Waals surface area contributed by atoms with Gasteiger partial charge in [0, 0.05) is 21.5 Å². The zero-order chi connectivity index (χ0) is 31.3. The molecule has 0 bridgehead atoms. The van der Waals surface area contributed by atoms with Crippen LogP contribution >= 0.6 is 0 Å². The first-order chi connectivity index (χ1) is 23.3. The fraction of sp³-hybridized carbons (Fsp3) is 0. The van der Waals surface area contributed by atoms with Crippen LogP contribution in [0.1, 0.15) is 0 Å². The van der Waals surface area contributed by atoms with Crippen LogP contribution in [0.15, 0.2) is 181 Å². The molecule has 0 saturated carbocycles. The Balaban J connectivity index is 1.38. The van der Waals surface area contributed by atoms with E-state index in [9.17, 15) is 4.79 Å². The third kappa shape index (κ3) is 4.38. The topological polar surface area (TPSA) is 22.0 Å². The van der Waals surface area contributed by atoms with Crippen molar-refractivity contribution < 1.29 is 0 Å². The molecule has 220 valence electrons. The fourth-order valence-electron chi connectivity index (χ4n) is 7.25. The summed E-state index contributed by atoms with van der Waals surface area (Å²) in [6, 6.07) is 61.2. The molecule has 0 atom stereocenters. The molecule has 0 aliphatic rings. The summed E-state index contributed by atoms with van der Waals surface area (Å²) in [7, 11) is 0. The molecular weight excluding hydrogens is 571 g/mol. The molecule has 0 amide bonds. The van der Waals surface area contributed by atoms with Crippen molar-refractivity contribution >= 4 is 43.2 Å². The first-order valence-electron chi connectivity index (χ1n) is 16.0. The minimum atomic E-state index is -0.0188. The smallest absolute Gasteiger partial charge is 0.263 e. The van der Waals surface area contributed by atoms with Gasteiger partial charge in [-0.2, -0.15) is 0 Å². The van der Waals surface area contributed by atoms with Gasteiger partial charge in [-0.1, -0.05) is 152 Å². The Bertz CT molecular complexity index is 2630. The van der Waals surface area contributed by atoms with Crippen LogP contribution in [-0.4, -0.2) is 4.57 Å². The van der Waals surface area contributed by atoms with Crippen LogP contribution in [0.5, 0.6) is 0 Å². The summed E-state index contributed by atoms with van der Waals surface area (Å²) in [4.78, 5) is 14.7. The number of rotatable bonds is 4. The van der Waals surface area contributed by atoms with Crippen LogP contribution < -0.4 is 5.56 Å². The molecule has 2 nitrogen and oxygen atoms in total. The second-order valence-electron chi connectivity index (χ2n) is 12.0. The molecule has 2 heteroatoms. The quantitative estimate of drug-likeness (QED) is 0.146. The lowest BCUT2D eigenvalue weighted by Crippen LogP contribution is -2.20. The van der Waals surface area contributed by atoms with Gasteiger partial charge in [-0.3, -0.25) is 9.36 Å². The Hall–Kier alpha value is -6.25. The third-order valence-electron chi connectivity index (χ3n) is 9.38. The van der Waals surface area contributed by atoms with Crippen LogP contribution in [0.25, 0.3) is 82.3 Å². The zero-order valence-electron chi connectivity index (χ0n) is 25.6. The maximum Gasteiger partial charge on any atom is 0.263 e. The predicted molar refractivity (Wildman–Crippen MR) is 198 cm³/mol. The molecule has 47 heavy (non-hydrogen) atoms. The Morgan fingerprint density at radius 2 is 0.787 bits per heavy atom. The second kappa shape index (κ2) is 11.0. The molecule has 1 heterocycles. The van der Waals surface area contributed by atoms with Gasteiger partial charge in [-0.15, -0.1) is 0 Å². The van der Waals surface area contributed by atoms with E-state index in [0.29, 0.717) is 5.39 Å². The van der Waals surface area contributed by atoms with E-state index in [1.807, 2.05) is 28.8 Å². The van der Waals surface area contributed by atoms with Crippen molar-refractivity contribution in [1.29, 1.82) is 0 Å². The zero-order valence-corrected chi connectivity index (χ0v) is 25.6. The van der Waals surface area contributed by atoms with Gasteiger partial charge >= 0.3 is 0 Å². The lowest BCUT2D eigenvalue weighted by Gasteiger charge is -2.21. The second-order valence-corrected chi connectivity index (χ2v) is 12.0. The molecule has 0 spiro atoms. The van der Waals surface area contributed by atoms with Crippen LogP contribution in [0, 0.1) is 0 Å². The normalized spacial score (nSPS) is 11.5. The minimum absolute atomic E-state index is 0.0188. The molecule has 0 aliphatic carbocycles. The van der Waals surface area contributed by atoms with Gasteiger partial charge in [0.25, 0.3) is 5.56 Å². The molecule has 0 aliphatic heterocycles. The molecule has 1 aromatic heterocycles. The number of hydrogen-bond donors (Lipinski definition) is 0. The Morgan fingerprint density at radius 1 is 0.319 bits per heavy atom. The molecule has 0 saturated heterocycles. The van der Waals surface area contributed by atoms with Crippen molar-refractivity contribution in [3.05, 3.63) is 186 Å². The molecular formula is C45H29NO. The van der Waals surface area contributed by atoms with Crippen molar-refractivity contribution in [2.24, 2.45) is 0 Å². The molecule has 8 aromatic carbocycles. The third-order valence-corrected chi connectivity index (χ3v) is 9.38. The average Bonchev–Trinajstić information content (AvgIpc) is 3.15. The highest BCUT2D eigenvalue weighted by Crippen LogP contribution is 2.42. The monoisotopic (exact) mass is 599 g/mol. The first kappa shape index (κ1) is 27.1. The molecule has 0 radical (unpaired) electrons. The highest BCUT2D eigenvalue weighted by atomic mass is 16.1. The number of benzene rings is 8. The van der Waals surface area contributed by atoms with E-state index in [1.54, 1.807) is 0 Å². The highest BCUT2D eigenvalue weighted by Gasteiger charge is 2.20. The maximum absolute atomic E-state index is 14.7. The minimum Gasteiger partial charge on any atom is -0.275 e. The predicted octanol–water partition coefficient (Wildman–Crippen LogP) is 11.5. The van der Waals surface area contributed by atoms with E-state index in [4.69, 9.17) is 0 Å². The van der Waals surface area contributed by atoms with E-state index in [-0.39, 0.29) is 5.56 Å². The largest absolute Gasteiger partial charge is 0.275 e. The summed E-state index contributed by atoms with van der Waals surface area (Å²) in [6.07, 6.45) is 0. The van der Waals surface area contributed by atoms with Crippen molar-refractivity contribution in [2.75, 3.05) is 0 Å². The Labute approximate surface area is 272 Å². The van der Waals surface area contributed by atoms with Crippen molar-refractivity contribution in [3.63, 3.8) is 0 Å². The summed E-state index contributed by atoms with van der Waals surface area (Å²) >= 11 is 0. The molecule has 0 fully saturated rings. The van der Waals surface area contributed by atoms with Crippen molar-refractivity contribution in [1.82, 2.24) is 4.57 Å². The van der Waals surface area contributed by atoms with Gasteiger partial charge < -0.3 is 0 Å². The van der Waals surface area contributed by atoms with Crippen LogP contribution in [0.4, 0.5) is 0 Å². The molecule has 9 aromatic rings. The number of pyridine rings is 1. The van der Waals surface area contributed by atoms with Crippen LogP contribution in [0.3, 0.4) is 0 Å². The van der Waals surface area contributed by atoms with Gasteiger partial charge in [-0.25, -0.2) is 0 Å². The van der Waals surface area contributed by atoms with Gasteiger partial charge in [0.2, 0.25) is 0 Å². The lowest BCUT2D eigenvalue weighted by molar-refractivity contribution is 1.08. The summed E-state index contributed by atoms with van der Waals surface area (Å²) in [6.45, 7) is 0. The SMILES string of the molecule is O=c1c2ccccc2c2cc(-c3cccc(-c4ccccc4)c3)ccc2n1-c1c2ccccc2c(-c2ccccc2)c2ccccc12. The van der Waals surface area contributed by atoms with E-state index in [0.717, 1.165) is 60.2 Å². The fourth-order valence-corrected chi connectivity index (χ4v) is 7.25. The lowest BCUT2D eigenvalue weighted by atomic mass is 9.90. The van der Waals surface area contributed by atoms with E-state index in [1.165, 1.54) is 16.7 Å². The van der Waals surface area contributed by atoms with Gasteiger partial charge in [-0.05, 0) is 73.8 Å². The van der Waals surface area contributed by atoms with Gasteiger partial charge in [0.1, 0.15) is 0 Å². The average molecular weight is 600 g/mol. The van der Waals surface area contributed by atoms with Crippen LogP contribution in [-0.2, 0) is 0 Å². The summed E-state index contributed by atoms with van der Waals surface area (Å²) < 4.78 is 1.96. The molecule has 9 rings (SSSR count). The highest BCUT2D eigenvalue weighted by molar-refractivity contribution is 6.19. The summed E-state index contributed by atoms with van der Waals surface area (Å²) in [5, 5.41) is 7.04. The van der Waals surface area contributed by atoms with E-state index >= 15 is 0 Å². The summed E-state index contributed by atoms with van der Waals surface area (Å²) in [5.74, 6) is 0. The van der Waals surface area contributed by atoms with E-state index < -0.39 is 0 Å². The van der Waals surface area contributed by atoms with Crippen molar-refractivity contribution in [2.45, 2.75) is 0 Å². The summed E-state index contributed by atoms with van der Waals surface area (Å²) in [5.41, 5.74) is 8.73. The molecule has 0 N–H and O–H groups in total.